The Kier molecular flexibility index (Phi) is 5.69. The highest BCUT2D eigenvalue weighted by Crippen LogP contribution is 2.25. The fourth-order valence-electron chi connectivity index (χ4n) is 2.69. The lowest BCUT2D eigenvalue weighted by Gasteiger charge is -2.34. The Bertz CT molecular complexity index is 604. The van der Waals surface area contributed by atoms with E-state index in [-0.39, 0.29) is 12.3 Å². The number of aryl methyl sites for hydroxylation is 1. The molecule has 1 atom stereocenters. The van der Waals surface area contributed by atoms with Crippen LogP contribution in [0.3, 0.4) is 0 Å². The summed E-state index contributed by atoms with van der Waals surface area (Å²) in [6, 6.07) is 5.35. The van der Waals surface area contributed by atoms with Gasteiger partial charge in [0.05, 0.1) is 0 Å². The highest BCUT2D eigenvalue weighted by molar-refractivity contribution is 5.95. The van der Waals surface area contributed by atoms with E-state index in [1.807, 2.05) is 0 Å². The third-order valence-corrected chi connectivity index (χ3v) is 3.92. The van der Waals surface area contributed by atoms with E-state index < -0.39 is 24.7 Å². The molecule has 1 heterocycles. The average Bonchev–Trinajstić information content (AvgIpc) is 2.53. The number of benzene rings is 1. The van der Waals surface area contributed by atoms with Crippen LogP contribution >= 0.6 is 0 Å². The van der Waals surface area contributed by atoms with Gasteiger partial charge >= 0.3 is 12.2 Å². The van der Waals surface area contributed by atoms with E-state index >= 15 is 0 Å². The Hall–Kier alpha value is -2.25. The van der Waals surface area contributed by atoms with Crippen LogP contribution in [0.15, 0.2) is 24.3 Å². The molecular weight excluding hydrogens is 323 g/mol. The Balaban J connectivity index is 2.10. The second-order valence-corrected chi connectivity index (χ2v) is 5.61. The number of carbonyl (C=O) groups excluding carboxylic acids is 2. The Morgan fingerprint density at radius 1 is 1.38 bits per heavy atom. The first-order chi connectivity index (χ1) is 11.3. The van der Waals surface area contributed by atoms with E-state index in [4.69, 9.17) is 0 Å². The van der Waals surface area contributed by atoms with Crippen molar-refractivity contribution in [3.8, 4) is 0 Å². The number of amides is 3. The Labute approximate surface area is 138 Å². The summed E-state index contributed by atoms with van der Waals surface area (Å²) in [6.45, 7) is 2.52. The molecule has 0 spiro atoms. The lowest BCUT2D eigenvalue weighted by Crippen LogP contribution is -2.57. The summed E-state index contributed by atoms with van der Waals surface area (Å²) >= 11 is 0. The first-order valence-electron chi connectivity index (χ1n) is 7.82. The third kappa shape index (κ3) is 4.62. The highest BCUT2D eigenvalue weighted by atomic mass is 19.4. The zero-order valence-corrected chi connectivity index (χ0v) is 13.3. The maximum absolute atomic E-state index is 12.4. The van der Waals surface area contributed by atoms with Gasteiger partial charge in [0.15, 0.2) is 0 Å². The molecule has 8 heteroatoms. The van der Waals surface area contributed by atoms with Crippen LogP contribution in [-0.4, -0.2) is 42.1 Å². The maximum Gasteiger partial charge on any atom is 0.389 e. The number of piperazine rings is 1. The Morgan fingerprint density at radius 3 is 2.75 bits per heavy atom. The minimum atomic E-state index is -4.25. The van der Waals surface area contributed by atoms with Crippen LogP contribution in [0.2, 0.25) is 0 Å². The van der Waals surface area contributed by atoms with Gasteiger partial charge in [0.1, 0.15) is 6.04 Å². The predicted octanol–water partition coefficient (Wildman–Crippen LogP) is 2.92. The quantitative estimate of drug-likeness (QED) is 0.883. The minimum absolute atomic E-state index is 0.211. The van der Waals surface area contributed by atoms with Crippen molar-refractivity contribution in [3.63, 3.8) is 0 Å². The molecule has 1 aliphatic heterocycles. The molecule has 1 aromatic rings. The van der Waals surface area contributed by atoms with Crippen molar-refractivity contribution >= 4 is 17.6 Å². The van der Waals surface area contributed by atoms with E-state index in [2.05, 4.69) is 10.6 Å². The number of hydrogen-bond donors (Lipinski definition) is 2. The molecule has 1 fully saturated rings. The summed E-state index contributed by atoms with van der Waals surface area (Å²) < 4.78 is 37.3. The largest absolute Gasteiger partial charge is 0.389 e. The molecular formula is C16H20F3N3O2. The van der Waals surface area contributed by atoms with Gasteiger partial charge in [-0.1, -0.05) is 25.1 Å². The summed E-state index contributed by atoms with van der Waals surface area (Å²) in [7, 11) is 0. The number of nitrogens with one attached hydrogen (secondary N) is 2. The molecule has 3 amide bonds. The van der Waals surface area contributed by atoms with Crippen LogP contribution < -0.4 is 10.6 Å². The van der Waals surface area contributed by atoms with Crippen molar-refractivity contribution < 1.29 is 22.8 Å². The minimum Gasteiger partial charge on any atom is -0.353 e. The second kappa shape index (κ2) is 7.55. The zero-order valence-electron chi connectivity index (χ0n) is 13.3. The van der Waals surface area contributed by atoms with Crippen LogP contribution in [0.25, 0.3) is 0 Å². The van der Waals surface area contributed by atoms with E-state index in [1.54, 1.807) is 31.2 Å². The number of rotatable bonds is 4. The molecule has 0 aromatic heterocycles. The molecule has 132 valence electrons. The molecule has 24 heavy (non-hydrogen) atoms. The number of urea groups is 1. The van der Waals surface area contributed by atoms with Crippen LogP contribution in [0.1, 0.15) is 25.3 Å². The van der Waals surface area contributed by atoms with Crippen molar-refractivity contribution in [1.82, 2.24) is 10.2 Å². The number of anilines is 1. The van der Waals surface area contributed by atoms with Crippen molar-refractivity contribution in [1.29, 1.82) is 0 Å². The van der Waals surface area contributed by atoms with Gasteiger partial charge in [-0.05, 0) is 24.5 Å². The van der Waals surface area contributed by atoms with Gasteiger partial charge in [0.2, 0.25) is 5.91 Å². The normalized spacial score (nSPS) is 18.2. The van der Waals surface area contributed by atoms with E-state index in [1.165, 1.54) is 4.90 Å². The van der Waals surface area contributed by atoms with Gasteiger partial charge in [-0.2, -0.15) is 13.2 Å². The van der Waals surface area contributed by atoms with Crippen LogP contribution in [0.4, 0.5) is 23.7 Å². The molecule has 1 aromatic carbocycles. The summed E-state index contributed by atoms with van der Waals surface area (Å²) in [4.78, 5) is 25.7. The van der Waals surface area contributed by atoms with E-state index in [0.29, 0.717) is 30.8 Å². The topological polar surface area (TPSA) is 61.4 Å². The van der Waals surface area contributed by atoms with E-state index in [9.17, 15) is 22.8 Å². The summed E-state index contributed by atoms with van der Waals surface area (Å²) in [5.74, 6) is -0.218. The lowest BCUT2D eigenvalue weighted by molar-refractivity contribution is -0.134. The molecule has 0 radical (unpaired) electrons. The van der Waals surface area contributed by atoms with Crippen molar-refractivity contribution in [2.24, 2.45) is 0 Å². The summed E-state index contributed by atoms with van der Waals surface area (Å²) in [5.41, 5.74) is 0.755. The molecule has 2 N–H and O–H groups in total. The van der Waals surface area contributed by atoms with Gasteiger partial charge in [0.25, 0.3) is 0 Å². The predicted molar refractivity (Wildman–Crippen MR) is 83.6 cm³/mol. The van der Waals surface area contributed by atoms with Gasteiger partial charge < -0.3 is 15.5 Å². The number of halogens is 3. The molecule has 2 rings (SSSR count). The first kappa shape index (κ1) is 18.1. The van der Waals surface area contributed by atoms with Gasteiger partial charge in [-0.25, -0.2) is 4.79 Å². The number of alkyl halides is 3. The molecule has 1 aliphatic rings. The van der Waals surface area contributed by atoms with Crippen LogP contribution in [-0.2, 0) is 11.2 Å². The second-order valence-electron chi connectivity index (χ2n) is 5.61. The van der Waals surface area contributed by atoms with Crippen molar-refractivity contribution in [2.75, 3.05) is 18.4 Å². The molecule has 5 nitrogen and oxygen atoms in total. The number of hydrogen-bond acceptors (Lipinski definition) is 2. The van der Waals surface area contributed by atoms with Gasteiger partial charge in [-0.15, -0.1) is 0 Å². The third-order valence-electron chi connectivity index (χ3n) is 3.92. The molecule has 0 bridgehead atoms. The summed E-state index contributed by atoms with van der Waals surface area (Å²) in [6.07, 6.45) is -4.95. The lowest BCUT2D eigenvalue weighted by atomic mass is 10.1. The summed E-state index contributed by atoms with van der Waals surface area (Å²) in [5, 5.41) is 5.34. The van der Waals surface area contributed by atoms with Crippen molar-refractivity contribution in [3.05, 3.63) is 29.8 Å². The smallest absolute Gasteiger partial charge is 0.353 e. The SMILES string of the molecule is CC[C@H]1C(=O)NCCN1C(=O)Nc1ccccc1CCC(F)(F)F. The molecule has 0 unspecified atom stereocenters. The van der Waals surface area contributed by atoms with E-state index in [0.717, 1.165) is 0 Å². The average molecular weight is 343 g/mol. The monoisotopic (exact) mass is 343 g/mol. The highest BCUT2D eigenvalue weighted by Gasteiger charge is 2.32. The number of carbonyl (C=O) groups is 2. The van der Waals surface area contributed by atoms with Crippen LogP contribution in [0, 0.1) is 0 Å². The van der Waals surface area contributed by atoms with Crippen LogP contribution in [0.5, 0.6) is 0 Å². The van der Waals surface area contributed by atoms with Gasteiger partial charge in [-0.3, -0.25) is 4.79 Å². The maximum atomic E-state index is 12.4. The fourth-order valence-corrected chi connectivity index (χ4v) is 2.69. The van der Waals surface area contributed by atoms with Crippen molar-refractivity contribution in [2.45, 2.75) is 38.4 Å². The zero-order chi connectivity index (χ0) is 17.7. The molecule has 1 saturated heterocycles. The Morgan fingerprint density at radius 2 is 2.08 bits per heavy atom. The van der Waals surface area contributed by atoms with Gasteiger partial charge in [0, 0.05) is 25.2 Å². The molecule has 0 saturated carbocycles. The number of para-hydroxylation sites is 1. The molecule has 0 aliphatic carbocycles. The first-order valence-corrected chi connectivity index (χ1v) is 7.82. The fraction of sp³-hybridized carbons (Fsp3) is 0.500. The number of nitrogens with zero attached hydrogens (tertiary/aromatic N) is 1. The standard InChI is InChI=1S/C16H20F3N3O2/c1-2-13-14(23)20-9-10-22(13)15(24)21-12-6-4-3-5-11(12)7-8-16(17,18)19/h3-6,13H,2,7-10H2,1H3,(H,20,23)(H,21,24)/t13-/m0/s1.